The molecule has 3 rings (SSSR count). The van der Waals surface area contributed by atoms with Crippen LogP contribution in [-0.2, 0) is 6.54 Å². The number of halogens is 1. The molecule has 8 heteroatoms. The second-order valence-electron chi connectivity index (χ2n) is 6.43. The van der Waals surface area contributed by atoms with E-state index in [1.165, 1.54) is 36.4 Å². The highest BCUT2D eigenvalue weighted by molar-refractivity contribution is 14.0. The summed E-state index contributed by atoms with van der Waals surface area (Å²) in [6, 6.07) is 4.81. The molecule has 1 aliphatic heterocycles. The van der Waals surface area contributed by atoms with Gasteiger partial charge in [-0.15, -0.1) is 35.3 Å². The van der Waals surface area contributed by atoms with Gasteiger partial charge in [0.15, 0.2) is 5.96 Å². The molecular weight excluding hydrogens is 459 g/mol. The molecule has 144 valence electrons. The number of aromatic nitrogens is 2. The minimum absolute atomic E-state index is 0. The fourth-order valence-corrected chi connectivity index (χ4v) is 4.10. The second kappa shape index (κ2) is 10.9. The number of nitrogens with one attached hydrogen (secondary N) is 2. The van der Waals surface area contributed by atoms with Crippen LogP contribution < -0.4 is 10.6 Å². The van der Waals surface area contributed by atoms with Gasteiger partial charge in [0.05, 0.1) is 18.8 Å². The van der Waals surface area contributed by atoms with Crippen LogP contribution in [0.1, 0.15) is 29.3 Å². The lowest BCUT2D eigenvalue weighted by Crippen LogP contribution is -2.43. The SMILES string of the molecule is CN=C(NCCn1cc(C)cn1)NCC(c1cccs1)N1CCCC1.I. The Bertz CT molecular complexity index is 663. The highest BCUT2D eigenvalue weighted by atomic mass is 127. The van der Waals surface area contributed by atoms with E-state index in [0.717, 1.165) is 25.6 Å². The van der Waals surface area contributed by atoms with Gasteiger partial charge in [0.1, 0.15) is 0 Å². The molecule has 2 aromatic rings. The molecule has 0 bridgehead atoms. The van der Waals surface area contributed by atoms with Gasteiger partial charge < -0.3 is 10.6 Å². The molecule has 0 radical (unpaired) electrons. The van der Waals surface area contributed by atoms with E-state index in [1.54, 1.807) is 0 Å². The van der Waals surface area contributed by atoms with Gasteiger partial charge in [0, 0.05) is 31.2 Å². The fraction of sp³-hybridized carbons (Fsp3) is 0.556. The van der Waals surface area contributed by atoms with Gasteiger partial charge in [-0.05, 0) is 49.9 Å². The van der Waals surface area contributed by atoms with Crippen molar-refractivity contribution >= 4 is 41.3 Å². The van der Waals surface area contributed by atoms with Crippen molar-refractivity contribution in [3.8, 4) is 0 Å². The van der Waals surface area contributed by atoms with Crippen molar-refractivity contribution in [2.45, 2.75) is 32.4 Å². The van der Waals surface area contributed by atoms with E-state index in [9.17, 15) is 0 Å². The highest BCUT2D eigenvalue weighted by Crippen LogP contribution is 2.27. The molecule has 0 aliphatic carbocycles. The van der Waals surface area contributed by atoms with Crippen LogP contribution in [0.5, 0.6) is 0 Å². The Morgan fingerprint density at radius 2 is 2.15 bits per heavy atom. The summed E-state index contributed by atoms with van der Waals surface area (Å²) in [5.41, 5.74) is 1.19. The highest BCUT2D eigenvalue weighted by Gasteiger charge is 2.24. The molecule has 3 heterocycles. The molecule has 6 nitrogen and oxygen atoms in total. The van der Waals surface area contributed by atoms with Gasteiger partial charge in [-0.1, -0.05) is 6.07 Å². The molecule has 0 amide bonds. The van der Waals surface area contributed by atoms with E-state index in [4.69, 9.17) is 0 Å². The Hall–Kier alpha value is -1.13. The molecule has 1 aliphatic rings. The van der Waals surface area contributed by atoms with Gasteiger partial charge >= 0.3 is 0 Å². The van der Waals surface area contributed by atoms with Gasteiger partial charge in [0.2, 0.25) is 0 Å². The predicted octanol–water partition coefficient (Wildman–Crippen LogP) is 2.87. The molecule has 1 fully saturated rings. The smallest absolute Gasteiger partial charge is 0.191 e. The van der Waals surface area contributed by atoms with Crippen LogP contribution in [0.25, 0.3) is 0 Å². The maximum atomic E-state index is 4.35. The average molecular weight is 488 g/mol. The normalized spacial score (nSPS) is 16.3. The van der Waals surface area contributed by atoms with Gasteiger partial charge in [-0.25, -0.2) is 0 Å². The molecule has 1 saturated heterocycles. The van der Waals surface area contributed by atoms with Crippen molar-refractivity contribution in [3.05, 3.63) is 40.3 Å². The Balaban J connectivity index is 0.00000243. The molecule has 0 spiro atoms. The molecule has 1 atom stereocenters. The first-order chi connectivity index (χ1) is 12.3. The van der Waals surface area contributed by atoms with E-state index < -0.39 is 0 Å². The Morgan fingerprint density at radius 3 is 2.77 bits per heavy atom. The molecule has 0 saturated carbocycles. The van der Waals surface area contributed by atoms with Crippen molar-refractivity contribution in [1.29, 1.82) is 0 Å². The van der Waals surface area contributed by atoms with E-state index in [1.807, 2.05) is 29.3 Å². The lowest BCUT2D eigenvalue weighted by atomic mass is 10.2. The summed E-state index contributed by atoms with van der Waals surface area (Å²) in [4.78, 5) is 8.36. The number of likely N-dealkylation sites (tertiary alicyclic amines) is 1. The number of aryl methyl sites for hydroxylation is 1. The van der Waals surface area contributed by atoms with Crippen LogP contribution in [0.3, 0.4) is 0 Å². The Morgan fingerprint density at radius 1 is 1.35 bits per heavy atom. The summed E-state index contributed by atoms with van der Waals surface area (Å²) in [6.07, 6.45) is 6.54. The predicted molar refractivity (Wildman–Crippen MR) is 120 cm³/mol. The van der Waals surface area contributed by atoms with Crippen LogP contribution in [0.4, 0.5) is 0 Å². The molecule has 1 unspecified atom stereocenters. The lowest BCUT2D eigenvalue weighted by molar-refractivity contribution is 0.249. The van der Waals surface area contributed by atoms with Crippen molar-refractivity contribution in [3.63, 3.8) is 0 Å². The number of rotatable bonds is 7. The maximum absolute atomic E-state index is 4.35. The van der Waals surface area contributed by atoms with E-state index in [0.29, 0.717) is 6.04 Å². The van der Waals surface area contributed by atoms with Crippen molar-refractivity contribution in [2.24, 2.45) is 4.99 Å². The number of hydrogen-bond donors (Lipinski definition) is 2. The zero-order chi connectivity index (χ0) is 17.5. The third-order valence-corrected chi connectivity index (χ3v) is 5.51. The van der Waals surface area contributed by atoms with Crippen LogP contribution in [0.15, 0.2) is 34.9 Å². The minimum Gasteiger partial charge on any atom is -0.355 e. The Kier molecular flexibility index (Phi) is 8.86. The van der Waals surface area contributed by atoms with Crippen LogP contribution >= 0.6 is 35.3 Å². The summed E-state index contributed by atoms with van der Waals surface area (Å²) in [5.74, 6) is 0.852. The van der Waals surface area contributed by atoms with Crippen molar-refractivity contribution in [2.75, 3.05) is 33.2 Å². The topological polar surface area (TPSA) is 57.5 Å². The standard InChI is InChI=1S/C18H28N6S.HI/c1-15-12-22-24(14-15)10-7-20-18(19-2)21-13-16(17-6-5-11-25-17)23-8-3-4-9-23;/h5-6,11-12,14,16H,3-4,7-10,13H2,1-2H3,(H2,19,20,21);1H. The van der Waals surface area contributed by atoms with Crippen LogP contribution in [0.2, 0.25) is 0 Å². The van der Waals surface area contributed by atoms with Gasteiger partial charge in [-0.2, -0.15) is 5.10 Å². The first kappa shape index (κ1) is 21.2. The first-order valence-corrected chi connectivity index (χ1v) is 9.85. The van der Waals surface area contributed by atoms with Gasteiger partial charge in [-0.3, -0.25) is 14.6 Å². The number of thiophene rings is 1. The van der Waals surface area contributed by atoms with Crippen molar-refractivity contribution < 1.29 is 0 Å². The second-order valence-corrected chi connectivity index (χ2v) is 7.41. The Labute approximate surface area is 177 Å². The molecule has 2 aromatic heterocycles. The summed E-state index contributed by atoms with van der Waals surface area (Å²) < 4.78 is 1.95. The number of guanidine groups is 1. The minimum atomic E-state index is 0. The number of aliphatic imine (C=N–C) groups is 1. The number of nitrogens with zero attached hydrogens (tertiary/aromatic N) is 4. The molecular formula is C18H29IN6S. The molecule has 2 N–H and O–H groups in total. The zero-order valence-corrected chi connectivity index (χ0v) is 18.7. The first-order valence-electron chi connectivity index (χ1n) is 8.97. The molecule has 0 aromatic carbocycles. The number of hydrogen-bond acceptors (Lipinski definition) is 4. The van der Waals surface area contributed by atoms with E-state index in [-0.39, 0.29) is 24.0 Å². The average Bonchev–Trinajstić information content (AvgIpc) is 3.37. The largest absolute Gasteiger partial charge is 0.355 e. The molecule has 26 heavy (non-hydrogen) atoms. The van der Waals surface area contributed by atoms with Crippen molar-refractivity contribution in [1.82, 2.24) is 25.3 Å². The van der Waals surface area contributed by atoms with Gasteiger partial charge in [0.25, 0.3) is 0 Å². The van der Waals surface area contributed by atoms with Crippen LogP contribution in [-0.4, -0.2) is 53.9 Å². The maximum Gasteiger partial charge on any atom is 0.191 e. The quantitative estimate of drug-likeness (QED) is 0.358. The monoisotopic (exact) mass is 488 g/mol. The summed E-state index contributed by atoms with van der Waals surface area (Å²) in [7, 11) is 1.82. The van der Waals surface area contributed by atoms with Crippen LogP contribution in [0, 0.1) is 6.92 Å². The summed E-state index contributed by atoms with van der Waals surface area (Å²) in [5, 5.41) is 13.4. The zero-order valence-electron chi connectivity index (χ0n) is 15.5. The van der Waals surface area contributed by atoms with E-state index in [2.05, 4.69) is 56.3 Å². The summed E-state index contributed by atoms with van der Waals surface area (Å²) in [6.45, 7) is 6.94. The summed E-state index contributed by atoms with van der Waals surface area (Å²) >= 11 is 1.84. The lowest BCUT2D eigenvalue weighted by Gasteiger charge is -2.27. The fourth-order valence-electron chi connectivity index (χ4n) is 3.24. The third-order valence-electron chi connectivity index (χ3n) is 4.54. The third kappa shape index (κ3) is 5.95. The van der Waals surface area contributed by atoms with E-state index >= 15 is 0 Å².